The zero-order valence-corrected chi connectivity index (χ0v) is 12.2. The lowest BCUT2D eigenvalue weighted by Crippen LogP contribution is -2.50. The van der Waals surface area contributed by atoms with Crippen LogP contribution < -0.4 is 10.7 Å². The van der Waals surface area contributed by atoms with Gasteiger partial charge in [-0.1, -0.05) is 6.58 Å². The predicted molar refractivity (Wildman–Crippen MR) is 84.4 cm³/mol. The van der Waals surface area contributed by atoms with Gasteiger partial charge in [0.25, 0.3) is 0 Å². The molecule has 0 amide bonds. The molecule has 0 aromatic carbocycles. The van der Waals surface area contributed by atoms with Crippen molar-refractivity contribution in [2.45, 2.75) is 6.92 Å². The third kappa shape index (κ3) is 2.75. The quantitative estimate of drug-likeness (QED) is 0.826. The number of allylic oxidation sites excluding steroid dienone is 1. The molecule has 3 heterocycles. The summed E-state index contributed by atoms with van der Waals surface area (Å²) in [5, 5.41) is 1.56. The number of rotatable bonds is 2. The molecule has 0 atom stereocenters. The van der Waals surface area contributed by atoms with Crippen molar-refractivity contribution >= 4 is 11.4 Å². The highest BCUT2D eigenvalue weighted by Gasteiger charge is 2.24. The minimum Gasteiger partial charge on any atom is -0.367 e. The summed E-state index contributed by atoms with van der Waals surface area (Å²) in [7, 11) is 0. The molecule has 1 aromatic heterocycles. The number of piperazine rings is 1. The summed E-state index contributed by atoms with van der Waals surface area (Å²) in [6.45, 7) is 9.55. The van der Waals surface area contributed by atoms with E-state index in [2.05, 4.69) is 32.4 Å². The van der Waals surface area contributed by atoms with Gasteiger partial charge in [-0.05, 0) is 19.1 Å². The third-order valence-corrected chi connectivity index (χ3v) is 3.78. The van der Waals surface area contributed by atoms with Crippen LogP contribution in [-0.2, 0) is 0 Å². The lowest BCUT2D eigenvalue weighted by atomic mass is 10.2. The Bertz CT molecular complexity index is 583. The van der Waals surface area contributed by atoms with Gasteiger partial charge in [0.15, 0.2) is 0 Å². The monoisotopic (exact) mass is 284 g/mol. The Morgan fingerprint density at radius 2 is 1.90 bits per heavy atom. The summed E-state index contributed by atoms with van der Waals surface area (Å²) in [4.78, 5) is 13.1. The first-order valence-corrected chi connectivity index (χ1v) is 7.06. The maximum Gasteiger partial charge on any atom is 0.141 e. The van der Waals surface area contributed by atoms with E-state index in [4.69, 9.17) is 5.84 Å². The van der Waals surface area contributed by atoms with Gasteiger partial charge in [-0.25, -0.2) is 15.8 Å². The molecule has 0 radical (unpaired) electrons. The first kappa shape index (κ1) is 13.6. The van der Waals surface area contributed by atoms with Crippen molar-refractivity contribution in [3.8, 4) is 0 Å². The first-order chi connectivity index (χ1) is 10.1. The standard InChI is InChI=1S/C15H20N6/c1-12-10-15(21(16)13(2)18-12)20-8-6-19(7-9-20)14-4-3-5-17-11-14/h3-5,10-11H,2,6-9,16H2,1H3. The van der Waals surface area contributed by atoms with Gasteiger partial charge in [0.1, 0.15) is 11.6 Å². The summed E-state index contributed by atoms with van der Waals surface area (Å²) in [5.74, 6) is 7.61. The molecule has 2 N–H and O–H groups in total. The number of hydrogen-bond donors (Lipinski definition) is 1. The van der Waals surface area contributed by atoms with Gasteiger partial charge >= 0.3 is 0 Å². The van der Waals surface area contributed by atoms with E-state index in [0.717, 1.165) is 37.7 Å². The van der Waals surface area contributed by atoms with Gasteiger partial charge in [-0.2, -0.15) is 0 Å². The zero-order chi connectivity index (χ0) is 14.8. The van der Waals surface area contributed by atoms with Gasteiger partial charge in [0.2, 0.25) is 0 Å². The van der Waals surface area contributed by atoms with E-state index < -0.39 is 0 Å². The molecule has 3 rings (SSSR count). The van der Waals surface area contributed by atoms with Crippen LogP contribution in [0.3, 0.4) is 0 Å². The highest BCUT2D eigenvalue weighted by atomic mass is 15.5. The van der Waals surface area contributed by atoms with Gasteiger partial charge in [-0.15, -0.1) is 0 Å². The molecule has 1 fully saturated rings. The Morgan fingerprint density at radius 1 is 1.19 bits per heavy atom. The Hall–Kier alpha value is -2.34. The average Bonchev–Trinajstić information content (AvgIpc) is 2.52. The minimum absolute atomic E-state index is 0.583. The van der Waals surface area contributed by atoms with Crippen LogP contribution in [0.2, 0.25) is 0 Å². The van der Waals surface area contributed by atoms with Crippen molar-refractivity contribution in [3.63, 3.8) is 0 Å². The molecule has 1 aromatic rings. The Labute approximate surface area is 124 Å². The Morgan fingerprint density at radius 3 is 2.57 bits per heavy atom. The molecule has 1 saturated heterocycles. The number of anilines is 1. The second-order valence-corrected chi connectivity index (χ2v) is 5.23. The summed E-state index contributed by atoms with van der Waals surface area (Å²) >= 11 is 0. The SMILES string of the molecule is C=C1N=C(C)C=C(N2CCN(c3cccnc3)CC2)N1N. The molecule has 6 nitrogen and oxygen atoms in total. The van der Waals surface area contributed by atoms with E-state index in [1.165, 1.54) is 5.69 Å². The van der Waals surface area contributed by atoms with Gasteiger partial charge in [0.05, 0.1) is 11.9 Å². The second kappa shape index (κ2) is 5.57. The van der Waals surface area contributed by atoms with Crippen LogP contribution in [0.5, 0.6) is 0 Å². The van der Waals surface area contributed by atoms with Gasteiger partial charge in [0, 0.05) is 44.2 Å². The summed E-state index contributed by atoms with van der Waals surface area (Å²) < 4.78 is 0. The first-order valence-electron chi connectivity index (χ1n) is 7.06. The molecule has 21 heavy (non-hydrogen) atoms. The Balaban J connectivity index is 1.69. The highest BCUT2D eigenvalue weighted by Crippen LogP contribution is 2.21. The van der Waals surface area contributed by atoms with Crippen LogP contribution in [0.1, 0.15) is 6.92 Å². The van der Waals surface area contributed by atoms with Crippen molar-refractivity contribution in [2.24, 2.45) is 10.8 Å². The summed E-state index contributed by atoms with van der Waals surface area (Å²) in [6, 6.07) is 4.06. The van der Waals surface area contributed by atoms with Crippen LogP contribution in [0.15, 0.2) is 53.8 Å². The number of aromatic nitrogens is 1. The molecular weight excluding hydrogens is 264 g/mol. The number of pyridine rings is 1. The normalized spacial score (nSPS) is 19.5. The van der Waals surface area contributed by atoms with Crippen molar-refractivity contribution in [3.05, 3.63) is 48.8 Å². The fourth-order valence-corrected chi connectivity index (χ4v) is 2.66. The second-order valence-electron chi connectivity index (χ2n) is 5.23. The van der Waals surface area contributed by atoms with E-state index in [1.807, 2.05) is 25.3 Å². The summed E-state index contributed by atoms with van der Waals surface area (Å²) in [6.07, 6.45) is 5.71. The van der Waals surface area contributed by atoms with Crippen LogP contribution >= 0.6 is 0 Å². The van der Waals surface area contributed by atoms with Crippen molar-refractivity contribution < 1.29 is 0 Å². The average molecular weight is 284 g/mol. The number of hydrogen-bond acceptors (Lipinski definition) is 6. The fraction of sp³-hybridized carbons (Fsp3) is 0.333. The van der Waals surface area contributed by atoms with E-state index in [-0.39, 0.29) is 0 Å². The largest absolute Gasteiger partial charge is 0.367 e. The molecule has 0 spiro atoms. The smallest absolute Gasteiger partial charge is 0.141 e. The topological polar surface area (TPSA) is 61.0 Å². The molecule has 0 bridgehead atoms. The third-order valence-electron chi connectivity index (χ3n) is 3.78. The van der Waals surface area contributed by atoms with Crippen LogP contribution in [-0.4, -0.2) is 46.8 Å². The zero-order valence-electron chi connectivity index (χ0n) is 12.2. The van der Waals surface area contributed by atoms with E-state index in [9.17, 15) is 0 Å². The van der Waals surface area contributed by atoms with Crippen LogP contribution in [0, 0.1) is 0 Å². The fourth-order valence-electron chi connectivity index (χ4n) is 2.66. The number of nitrogens with two attached hydrogens (primary N) is 1. The number of hydrazine groups is 1. The van der Waals surface area contributed by atoms with Crippen molar-refractivity contribution in [1.29, 1.82) is 0 Å². The van der Waals surface area contributed by atoms with Gasteiger partial charge < -0.3 is 9.80 Å². The number of aliphatic imine (C=N–C) groups is 1. The lowest BCUT2D eigenvalue weighted by Gasteiger charge is -2.41. The van der Waals surface area contributed by atoms with E-state index in [0.29, 0.717) is 5.82 Å². The molecule has 0 unspecified atom stereocenters. The molecular formula is C15H20N6. The Kier molecular flexibility index (Phi) is 3.62. The molecule has 110 valence electrons. The molecule has 0 saturated carbocycles. The summed E-state index contributed by atoms with van der Waals surface area (Å²) in [5.41, 5.74) is 2.10. The van der Waals surface area contributed by atoms with E-state index in [1.54, 1.807) is 11.2 Å². The molecule has 0 aliphatic carbocycles. The maximum absolute atomic E-state index is 6.05. The predicted octanol–water partition coefficient (Wildman–Crippen LogP) is 1.17. The van der Waals surface area contributed by atoms with Crippen LogP contribution in [0.25, 0.3) is 0 Å². The van der Waals surface area contributed by atoms with Crippen LogP contribution in [0.4, 0.5) is 5.69 Å². The van der Waals surface area contributed by atoms with E-state index >= 15 is 0 Å². The van der Waals surface area contributed by atoms with Crippen molar-refractivity contribution in [1.82, 2.24) is 14.9 Å². The molecule has 6 heteroatoms. The number of nitrogens with zero attached hydrogens (tertiary/aromatic N) is 5. The van der Waals surface area contributed by atoms with Crippen molar-refractivity contribution in [2.75, 3.05) is 31.1 Å². The maximum atomic E-state index is 6.05. The minimum atomic E-state index is 0.583. The lowest BCUT2D eigenvalue weighted by molar-refractivity contribution is 0.229. The molecule has 2 aliphatic rings. The van der Waals surface area contributed by atoms with Gasteiger partial charge in [-0.3, -0.25) is 4.98 Å². The molecule has 2 aliphatic heterocycles. The highest BCUT2D eigenvalue weighted by molar-refractivity contribution is 5.94.